The second-order valence-electron chi connectivity index (χ2n) is 4.54. The second kappa shape index (κ2) is 5.45. The van der Waals surface area contributed by atoms with Crippen molar-refractivity contribution >= 4 is 23.0 Å². The number of hydrogen-bond donors (Lipinski definition) is 2. The Morgan fingerprint density at radius 2 is 2.06 bits per heavy atom. The highest BCUT2D eigenvalue weighted by Gasteiger charge is 2.15. The molecule has 92 valence electrons. The molecule has 1 aromatic rings. The van der Waals surface area contributed by atoms with Gasteiger partial charge in [0.05, 0.1) is 0 Å². The van der Waals surface area contributed by atoms with Crippen LogP contribution < -0.4 is 10.6 Å². The van der Waals surface area contributed by atoms with Crippen molar-refractivity contribution in [2.45, 2.75) is 38.6 Å². The lowest BCUT2D eigenvalue weighted by atomic mass is 10.2. The SMILES string of the molecule is Cc1cc(F)ccc1NC(=S)NC1CCCC1. The number of halogens is 1. The van der Waals surface area contributed by atoms with Crippen LogP contribution in [0.3, 0.4) is 0 Å². The minimum atomic E-state index is -0.220. The van der Waals surface area contributed by atoms with Crippen molar-refractivity contribution in [3.63, 3.8) is 0 Å². The first-order valence-electron chi connectivity index (χ1n) is 5.99. The predicted molar refractivity (Wildman–Crippen MR) is 72.7 cm³/mol. The van der Waals surface area contributed by atoms with E-state index in [1.54, 1.807) is 6.07 Å². The molecule has 0 amide bonds. The molecule has 0 unspecified atom stereocenters. The fourth-order valence-electron chi connectivity index (χ4n) is 2.18. The standard InChI is InChI=1S/C13H17FN2S/c1-9-8-10(14)6-7-12(9)16-13(17)15-11-4-2-3-5-11/h6-8,11H,2-5H2,1H3,(H2,15,16,17). The Bertz CT molecular complexity index is 414. The van der Waals surface area contributed by atoms with Gasteiger partial charge >= 0.3 is 0 Å². The monoisotopic (exact) mass is 252 g/mol. The summed E-state index contributed by atoms with van der Waals surface area (Å²) in [6.07, 6.45) is 4.92. The quantitative estimate of drug-likeness (QED) is 0.789. The molecule has 1 aliphatic rings. The van der Waals surface area contributed by atoms with Crippen molar-refractivity contribution < 1.29 is 4.39 Å². The highest BCUT2D eigenvalue weighted by atomic mass is 32.1. The maximum atomic E-state index is 12.9. The summed E-state index contributed by atoms with van der Waals surface area (Å²) < 4.78 is 12.9. The summed E-state index contributed by atoms with van der Waals surface area (Å²) >= 11 is 5.25. The molecular weight excluding hydrogens is 235 g/mol. The van der Waals surface area contributed by atoms with Crippen molar-refractivity contribution in [2.24, 2.45) is 0 Å². The summed E-state index contributed by atoms with van der Waals surface area (Å²) in [5.41, 5.74) is 1.72. The minimum absolute atomic E-state index is 0.220. The summed E-state index contributed by atoms with van der Waals surface area (Å²) in [5.74, 6) is -0.220. The molecule has 1 aliphatic carbocycles. The zero-order valence-corrected chi connectivity index (χ0v) is 10.7. The number of anilines is 1. The van der Waals surface area contributed by atoms with E-state index in [1.165, 1.54) is 37.8 Å². The molecule has 2 rings (SSSR count). The van der Waals surface area contributed by atoms with Crippen LogP contribution >= 0.6 is 12.2 Å². The van der Waals surface area contributed by atoms with E-state index in [9.17, 15) is 4.39 Å². The Labute approximate surface area is 107 Å². The molecule has 0 aliphatic heterocycles. The number of rotatable bonds is 2. The van der Waals surface area contributed by atoms with Gasteiger partial charge in [-0.2, -0.15) is 0 Å². The van der Waals surface area contributed by atoms with Crippen molar-refractivity contribution in [2.75, 3.05) is 5.32 Å². The molecule has 0 atom stereocenters. The lowest BCUT2D eigenvalue weighted by Crippen LogP contribution is -2.36. The van der Waals surface area contributed by atoms with Gasteiger partial charge in [0.25, 0.3) is 0 Å². The number of nitrogens with one attached hydrogen (secondary N) is 2. The average Bonchev–Trinajstić information content (AvgIpc) is 2.75. The van der Waals surface area contributed by atoms with Gasteiger partial charge in [-0.15, -0.1) is 0 Å². The van der Waals surface area contributed by atoms with E-state index in [-0.39, 0.29) is 5.82 Å². The Balaban J connectivity index is 1.93. The Hall–Kier alpha value is -1.16. The van der Waals surface area contributed by atoms with Crippen molar-refractivity contribution in [3.05, 3.63) is 29.6 Å². The molecule has 0 aromatic heterocycles. The lowest BCUT2D eigenvalue weighted by molar-refractivity contribution is 0.626. The van der Waals surface area contributed by atoms with E-state index < -0.39 is 0 Å². The molecule has 1 aromatic carbocycles. The lowest BCUT2D eigenvalue weighted by Gasteiger charge is -2.16. The van der Waals surface area contributed by atoms with Gasteiger partial charge in [0, 0.05) is 11.7 Å². The molecular formula is C13H17FN2S. The molecule has 1 saturated carbocycles. The molecule has 0 heterocycles. The van der Waals surface area contributed by atoms with Gasteiger partial charge in [-0.05, 0) is 55.7 Å². The van der Waals surface area contributed by atoms with Crippen LogP contribution in [0.2, 0.25) is 0 Å². The maximum absolute atomic E-state index is 12.9. The Morgan fingerprint density at radius 3 is 2.71 bits per heavy atom. The van der Waals surface area contributed by atoms with E-state index >= 15 is 0 Å². The Morgan fingerprint density at radius 1 is 1.35 bits per heavy atom. The highest BCUT2D eigenvalue weighted by molar-refractivity contribution is 7.80. The fourth-order valence-corrected chi connectivity index (χ4v) is 2.46. The summed E-state index contributed by atoms with van der Waals surface area (Å²) in [7, 11) is 0. The number of hydrogen-bond acceptors (Lipinski definition) is 1. The number of thiocarbonyl (C=S) groups is 1. The van der Waals surface area contributed by atoms with Crippen LogP contribution in [0, 0.1) is 12.7 Å². The van der Waals surface area contributed by atoms with Crippen LogP contribution in [-0.2, 0) is 0 Å². The van der Waals surface area contributed by atoms with Crippen molar-refractivity contribution in [1.82, 2.24) is 5.32 Å². The third-order valence-electron chi connectivity index (χ3n) is 3.13. The van der Waals surface area contributed by atoms with Crippen LogP contribution in [0.25, 0.3) is 0 Å². The second-order valence-corrected chi connectivity index (χ2v) is 4.95. The third kappa shape index (κ3) is 3.40. The van der Waals surface area contributed by atoms with E-state index in [0.29, 0.717) is 11.2 Å². The Kier molecular flexibility index (Phi) is 3.94. The zero-order valence-electron chi connectivity index (χ0n) is 9.92. The van der Waals surface area contributed by atoms with Gasteiger partial charge in [0.2, 0.25) is 0 Å². The van der Waals surface area contributed by atoms with Gasteiger partial charge < -0.3 is 10.6 Å². The van der Waals surface area contributed by atoms with E-state index in [0.717, 1.165) is 11.3 Å². The third-order valence-corrected chi connectivity index (χ3v) is 3.35. The van der Waals surface area contributed by atoms with Crippen LogP contribution in [0.15, 0.2) is 18.2 Å². The van der Waals surface area contributed by atoms with Gasteiger partial charge in [-0.25, -0.2) is 4.39 Å². The van der Waals surface area contributed by atoms with Gasteiger partial charge in [0.1, 0.15) is 5.82 Å². The molecule has 2 nitrogen and oxygen atoms in total. The van der Waals surface area contributed by atoms with Crippen LogP contribution in [0.1, 0.15) is 31.2 Å². The van der Waals surface area contributed by atoms with Crippen LogP contribution in [0.4, 0.5) is 10.1 Å². The first kappa shape index (κ1) is 12.3. The molecule has 1 fully saturated rings. The van der Waals surface area contributed by atoms with Crippen LogP contribution in [0.5, 0.6) is 0 Å². The number of benzene rings is 1. The molecule has 17 heavy (non-hydrogen) atoms. The average molecular weight is 252 g/mol. The van der Waals surface area contributed by atoms with E-state index in [1.807, 2.05) is 6.92 Å². The summed E-state index contributed by atoms with van der Waals surface area (Å²) in [6, 6.07) is 5.15. The highest BCUT2D eigenvalue weighted by Crippen LogP contribution is 2.19. The smallest absolute Gasteiger partial charge is 0.171 e. The zero-order chi connectivity index (χ0) is 12.3. The molecule has 4 heteroatoms. The summed E-state index contributed by atoms with van der Waals surface area (Å²) in [6.45, 7) is 1.86. The van der Waals surface area contributed by atoms with Crippen molar-refractivity contribution in [1.29, 1.82) is 0 Å². The predicted octanol–water partition coefficient (Wildman–Crippen LogP) is 3.36. The maximum Gasteiger partial charge on any atom is 0.171 e. The van der Waals surface area contributed by atoms with Crippen molar-refractivity contribution in [3.8, 4) is 0 Å². The molecule has 0 bridgehead atoms. The molecule has 0 radical (unpaired) electrons. The molecule has 2 N–H and O–H groups in total. The number of aryl methyl sites for hydroxylation is 1. The summed E-state index contributed by atoms with van der Waals surface area (Å²) in [5, 5.41) is 7.04. The molecule has 0 spiro atoms. The van der Waals surface area contributed by atoms with E-state index in [4.69, 9.17) is 12.2 Å². The topological polar surface area (TPSA) is 24.1 Å². The molecule has 0 saturated heterocycles. The van der Waals surface area contributed by atoms with Crippen LogP contribution in [-0.4, -0.2) is 11.2 Å². The van der Waals surface area contributed by atoms with Gasteiger partial charge in [-0.3, -0.25) is 0 Å². The largest absolute Gasteiger partial charge is 0.360 e. The first-order valence-corrected chi connectivity index (χ1v) is 6.39. The first-order chi connectivity index (χ1) is 8.15. The fraction of sp³-hybridized carbons (Fsp3) is 0.462. The normalized spacial score (nSPS) is 15.9. The van der Waals surface area contributed by atoms with Gasteiger partial charge in [-0.1, -0.05) is 12.8 Å². The summed E-state index contributed by atoms with van der Waals surface area (Å²) in [4.78, 5) is 0. The minimum Gasteiger partial charge on any atom is -0.360 e. The van der Waals surface area contributed by atoms with E-state index in [2.05, 4.69) is 10.6 Å². The van der Waals surface area contributed by atoms with Gasteiger partial charge in [0.15, 0.2) is 5.11 Å².